The number of ether oxygens (including phenoxy) is 1. The van der Waals surface area contributed by atoms with E-state index in [4.69, 9.17) is 4.74 Å². The quantitative estimate of drug-likeness (QED) is 0.366. The van der Waals surface area contributed by atoms with Crippen LogP contribution in [0.3, 0.4) is 0 Å². The number of carbonyl (C=O) groups is 1. The molecule has 0 spiro atoms. The molecule has 7 heteroatoms. The van der Waals surface area contributed by atoms with Crippen LogP contribution in [0.1, 0.15) is 24.5 Å². The Morgan fingerprint density at radius 3 is 2.30 bits per heavy atom. The van der Waals surface area contributed by atoms with E-state index in [0.29, 0.717) is 12.0 Å². The molecule has 0 amide bonds. The maximum Gasteiger partial charge on any atom is 0.332 e. The number of sulfonamides is 1. The molecule has 0 N–H and O–H groups in total. The van der Waals surface area contributed by atoms with E-state index in [2.05, 4.69) is 22.6 Å². The van der Waals surface area contributed by atoms with Crippen LogP contribution >= 0.6 is 22.6 Å². The molecule has 0 saturated carbocycles. The number of nitrogens with zero attached hydrogens (tertiary/aromatic N) is 1. The topological polar surface area (TPSA) is 63.7 Å². The van der Waals surface area contributed by atoms with Crippen LogP contribution in [-0.4, -0.2) is 35.8 Å². The minimum Gasteiger partial charge on any atom is -0.467 e. The van der Waals surface area contributed by atoms with E-state index in [0.717, 1.165) is 5.56 Å². The van der Waals surface area contributed by atoms with Gasteiger partial charge in [0.05, 0.1) is 12.0 Å². The van der Waals surface area contributed by atoms with Gasteiger partial charge in [0.2, 0.25) is 10.0 Å². The smallest absolute Gasteiger partial charge is 0.332 e. The molecule has 5 nitrogen and oxygen atoms in total. The van der Waals surface area contributed by atoms with E-state index < -0.39 is 21.5 Å². The zero-order valence-electron chi connectivity index (χ0n) is 15.4. The monoisotopic (exact) mass is 499 g/mol. The van der Waals surface area contributed by atoms with Crippen molar-refractivity contribution in [1.82, 2.24) is 4.31 Å². The van der Waals surface area contributed by atoms with Gasteiger partial charge in [0.25, 0.3) is 0 Å². The van der Waals surface area contributed by atoms with Crippen LogP contribution in [0.15, 0.2) is 59.5 Å². The Balaban J connectivity index is 2.26. The fourth-order valence-electron chi connectivity index (χ4n) is 3.70. The number of esters is 1. The molecule has 3 atom stereocenters. The number of benzene rings is 2. The predicted octanol–water partition coefficient (Wildman–Crippen LogP) is 3.65. The molecule has 3 rings (SSSR count). The number of rotatable bonds is 4. The number of aryl methyl sites for hydroxylation is 1. The average Bonchev–Trinajstić information content (AvgIpc) is 2.94. The van der Waals surface area contributed by atoms with Gasteiger partial charge in [-0.1, -0.05) is 70.6 Å². The summed E-state index contributed by atoms with van der Waals surface area (Å²) in [6.07, 6.45) is 0.358. The molecule has 144 valence electrons. The van der Waals surface area contributed by atoms with E-state index in [1.165, 1.54) is 11.4 Å². The first-order valence-corrected chi connectivity index (χ1v) is 11.3. The number of hydrogen-bond donors (Lipinski definition) is 0. The molecule has 0 aromatic heterocycles. The van der Waals surface area contributed by atoms with Gasteiger partial charge in [0.15, 0.2) is 5.54 Å². The highest BCUT2D eigenvalue weighted by Crippen LogP contribution is 2.48. The number of alkyl halides is 1. The molecule has 1 saturated heterocycles. The van der Waals surface area contributed by atoms with Crippen molar-refractivity contribution >= 4 is 38.6 Å². The highest BCUT2D eigenvalue weighted by Gasteiger charge is 2.61. The zero-order valence-corrected chi connectivity index (χ0v) is 18.4. The summed E-state index contributed by atoms with van der Waals surface area (Å²) in [5.74, 6) is -0.560. The third-order valence-corrected chi connectivity index (χ3v) is 8.62. The highest BCUT2D eigenvalue weighted by molar-refractivity contribution is 14.1. The molecule has 1 aliphatic rings. The van der Waals surface area contributed by atoms with Gasteiger partial charge < -0.3 is 4.74 Å². The Labute approximate surface area is 173 Å². The Hall–Kier alpha value is -1.45. The first-order valence-electron chi connectivity index (χ1n) is 8.64. The minimum absolute atomic E-state index is 0.0397. The summed E-state index contributed by atoms with van der Waals surface area (Å²) < 4.78 is 33.7. The van der Waals surface area contributed by atoms with Crippen molar-refractivity contribution in [3.63, 3.8) is 0 Å². The van der Waals surface area contributed by atoms with Gasteiger partial charge >= 0.3 is 5.97 Å². The molecule has 1 fully saturated rings. The van der Waals surface area contributed by atoms with E-state index in [1.54, 1.807) is 36.4 Å². The summed E-state index contributed by atoms with van der Waals surface area (Å²) in [4.78, 5) is 13.2. The number of halogens is 1. The third-order valence-electron chi connectivity index (χ3n) is 5.11. The molecule has 1 heterocycles. The van der Waals surface area contributed by atoms with Crippen LogP contribution in [-0.2, 0) is 25.1 Å². The lowest BCUT2D eigenvalue weighted by Gasteiger charge is -2.37. The van der Waals surface area contributed by atoms with Crippen molar-refractivity contribution in [1.29, 1.82) is 0 Å². The van der Waals surface area contributed by atoms with E-state index >= 15 is 0 Å². The third kappa shape index (κ3) is 3.30. The van der Waals surface area contributed by atoms with Crippen molar-refractivity contribution < 1.29 is 17.9 Å². The van der Waals surface area contributed by atoms with Crippen molar-refractivity contribution in [3.05, 3.63) is 65.7 Å². The summed E-state index contributed by atoms with van der Waals surface area (Å²) in [7, 11) is -2.62. The largest absolute Gasteiger partial charge is 0.467 e. The zero-order chi connectivity index (χ0) is 19.8. The fourth-order valence-corrected chi connectivity index (χ4v) is 6.84. The molecule has 2 aromatic carbocycles. The van der Waals surface area contributed by atoms with Crippen LogP contribution in [0.2, 0.25) is 0 Å². The Bertz CT molecular complexity index is 930. The van der Waals surface area contributed by atoms with Crippen molar-refractivity contribution in [3.8, 4) is 0 Å². The summed E-state index contributed by atoms with van der Waals surface area (Å²) in [5, 5.41) is 0. The summed E-state index contributed by atoms with van der Waals surface area (Å²) in [6, 6.07) is 15.4. The number of hydrogen-bond acceptors (Lipinski definition) is 4. The molecular formula is C20H22INO4S. The fraction of sp³-hybridized carbons (Fsp3) is 0.350. The Morgan fingerprint density at radius 2 is 1.74 bits per heavy atom. The highest BCUT2D eigenvalue weighted by atomic mass is 127. The summed E-state index contributed by atoms with van der Waals surface area (Å²) in [6.45, 7) is 3.74. The second-order valence-electron chi connectivity index (χ2n) is 6.79. The van der Waals surface area contributed by atoms with Crippen molar-refractivity contribution in [2.24, 2.45) is 0 Å². The first-order chi connectivity index (χ1) is 12.7. The molecule has 1 aliphatic heterocycles. The van der Waals surface area contributed by atoms with Crippen molar-refractivity contribution in [2.75, 3.05) is 7.11 Å². The van der Waals surface area contributed by atoms with Crippen molar-refractivity contribution in [2.45, 2.75) is 40.7 Å². The number of carbonyl (C=O) groups excluding carboxylic acids is 1. The standard InChI is InChI=1S/C20H22INO4S/c1-14-9-11-17(12-10-14)27(24,25)22-15(2)18(21)13-20(22,19(23)26-3)16-7-5-4-6-8-16/h4-12,15,18H,13H2,1-3H3/t15-,18+,20-/m0/s1. The van der Waals surface area contributed by atoms with E-state index in [-0.39, 0.29) is 14.9 Å². The average molecular weight is 499 g/mol. The first kappa shape index (κ1) is 20.3. The summed E-state index contributed by atoms with van der Waals surface area (Å²) >= 11 is 2.23. The second kappa shape index (κ2) is 7.52. The maximum absolute atomic E-state index is 13.6. The lowest BCUT2D eigenvalue weighted by atomic mass is 9.88. The SMILES string of the molecule is COC(=O)[C@@]1(c2ccccc2)C[C@@H](I)[C@H](C)N1S(=O)(=O)c1ccc(C)cc1. The van der Waals surface area contributed by atoms with Crippen LogP contribution in [0.5, 0.6) is 0 Å². The Morgan fingerprint density at radius 1 is 1.15 bits per heavy atom. The van der Waals surface area contributed by atoms with Gasteiger partial charge in [-0.3, -0.25) is 0 Å². The van der Waals surface area contributed by atoms with E-state index in [9.17, 15) is 13.2 Å². The molecule has 0 radical (unpaired) electrons. The van der Waals surface area contributed by atoms with Gasteiger partial charge in [0.1, 0.15) is 0 Å². The lowest BCUT2D eigenvalue weighted by molar-refractivity contribution is -0.152. The molecule has 0 unspecified atom stereocenters. The predicted molar refractivity (Wildman–Crippen MR) is 112 cm³/mol. The summed E-state index contributed by atoms with van der Waals surface area (Å²) in [5.41, 5.74) is 0.210. The minimum atomic E-state index is -3.92. The molecule has 27 heavy (non-hydrogen) atoms. The molecular weight excluding hydrogens is 477 g/mol. The van der Waals surface area contributed by atoms with Gasteiger partial charge in [0, 0.05) is 9.97 Å². The van der Waals surface area contributed by atoms with E-state index in [1.807, 2.05) is 32.0 Å². The Kier molecular flexibility index (Phi) is 5.65. The molecule has 2 aromatic rings. The van der Waals surface area contributed by atoms with Gasteiger partial charge in [-0.25, -0.2) is 13.2 Å². The van der Waals surface area contributed by atoms with Crippen LogP contribution in [0, 0.1) is 6.92 Å². The van der Waals surface area contributed by atoms with Crippen LogP contribution in [0.4, 0.5) is 0 Å². The van der Waals surface area contributed by atoms with Gasteiger partial charge in [-0.15, -0.1) is 0 Å². The van der Waals surface area contributed by atoms with Crippen LogP contribution < -0.4 is 0 Å². The lowest BCUT2D eigenvalue weighted by Crippen LogP contribution is -2.53. The van der Waals surface area contributed by atoms with Gasteiger partial charge in [-0.2, -0.15) is 4.31 Å². The van der Waals surface area contributed by atoms with Gasteiger partial charge in [-0.05, 0) is 38.0 Å². The van der Waals surface area contributed by atoms with Crippen LogP contribution in [0.25, 0.3) is 0 Å². The molecule has 0 bridgehead atoms. The maximum atomic E-state index is 13.6. The number of methoxy groups -OCH3 is 1. The normalized spacial score (nSPS) is 26.1. The second-order valence-corrected chi connectivity index (χ2v) is 10.2. The molecule has 0 aliphatic carbocycles.